The van der Waals surface area contributed by atoms with Gasteiger partial charge in [0.2, 0.25) is 10.0 Å². The van der Waals surface area contributed by atoms with Crippen LogP contribution in [0.4, 0.5) is 0 Å². The average Bonchev–Trinajstić information content (AvgIpc) is 3.50. The Morgan fingerprint density at radius 3 is 2.59 bits per heavy atom. The molecule has 0 fully saturated rings. The van der Waals surface area contributed by atoms with Crippen LogP contribution in [-0.4, -0.2) is 51.1 Å². The number of benzene rings is 1. The monoisotopic (exact) mass is 474 g/mol. The van der Waals surface area contributed by atoms with Gasteiger partial charge in [-0.25, -0.2) is 17.7 Å². The molecule has 0 aliphatic carbocycles. The van der Waals surface area contributed by atoms with E-state index in [9.17, 15) is 8.42 Å². The summed E-state index contributed by atoms with van der Waals surface area (Å²) in [4.78, 5) is 5.02. The van der Waals surface area contributed by atoms with Crippen LogP contribution in [0.5, 0.6) is 0 Å². The van der Waals surface area contributed by atoms with Gasteiger partial charge in [0.05, 0.1) is 27.9 Å². The summed E-state index contributed by atoms with van der Waals surface area (Å²) in [7, 11) is -0.467. The molecule has 32 heavy (non-hydrogen) atoms. The molecule has 3 heterocycles. The number of imidazole rings is 1. The van der Waals surface area contributed by atoms with Crippen LogP contribution in [0.25, 0.3) is 22.6 Å². The normalized spacial score (nSPS) is 12.3. The van der Waals surface area contributed by atoms with E-state index in [0.29, 0.717) is 29.4 Å². The van der Waals surface area contributed by atoms with Gasteiger partial charge in [-0.15, -0.1) is 10.2 Å². The first kappa shape index (κ1) is 22.6. The molecule has 3 aromatic heterocycles. The lowest BCUT2D eigenvalue weighted by Gasteiger charge is -2.11. The number of hydrogen-bond donors (Lipinski definition) is 0. The van der Waals surface area contributed by atoms with E-state index in [2.05, 4.69) is 21.7 Å². The Labute approximate surface area is 191 Å². The Kier molecular flexibility index (Phi) is 6.40. The third-order valence-corrected chi connectivity index (χ3v) is 7.90. The molecule has 0 bridgehead atoms. The van der Waals surface area contributed by atoms with Gasteiger partial charge in [0, 0.05) is 27.2 Å². The summed E-state index contributed by atoms with van der Waals surface area (Å²) in [5.74, 6) is 2.83. The fraction of sp³-hybridized carbons (Fsp3) is 0.381. The van der Waals surface area contributed by atoms with E-state index < -0.39 is 10.0 Å². The summed E-state index contributed by atoms with van der Waals surface area (Å²) in [6.45, 7) is 5.66. The molecule has 1 aromatic carbocycles. The van der Waals surface area contributed by atoms with Crippen molar-refractivity contribution in [2.75, 3.05) is 14.1 Å². The number of nitrogens with zero attached hydrogens (tertiary/aromatic N) is 6. The second kappa shape index (κ2) is 9.08. The van der Waals surface area contributed by atoms with Crippen LogP contribution < -0.4 is 0 Å². The van der Waals surface area contributed by atoms with E-state index in [0.717, 1.165) is 29.5 Å². The molecule has 0 radical (unpaired) electrons. The molecule has 0 unspecified atom stereocenters. The standard InChI is InChI=1S/C21H26N6O3S2/c1-5-11-27-17-10-9-15(32(28,29)25(3)4)13-16(17)22-19(27)14-31-21-24-23-20(26(21)6-2)18-8-7-12-30-18/h7-10,12-13H,5-6,11,14H2,1-4H3. The predicted octanol–water partition coefficient (Wildman–Crippen LogP) is 3.86. The zero-order valence-electron chi connectivity index (χ0n) is 18.5. The van der Waals surface area contributed by atoms with Gasteiger partial charge in [-0.2, -0.15) is 0 Å². The van der Waals surface area contributed by atoms with Gasteiger partial charge in [0.25, 0.3) is 0 Å². The molecule has 0 spiro atoms. The zero-order valence-corrected chi connectivity index (χ0v) is 20.2. The Balaban J connectivity index is 1.66. The number of thioether (sulfide) groups is 1. The fourth-order valence-electron chi connectivity index (χ4n) is 3.51. The molecular formula is C21H26N6O3S2. The van der Waals surface area contributed by atoms with Crippen LogP contribution in [0.3, 0.4) is 0 Å². The molecule has 4 rings (SSSR count). The molecule has 0 atom stereocenters. The van der Waals surface area contributed by atoms with E-state index in [1.54, 1.807) is 30.2 Å². The number of fused-ring (bicyclic) bond motifs is 1. The van der Waals surface area contributed by atoms with Gasteiger partial charge in [-0.1, -0.05) is 18.7 Å². The Hall–Kier alpha value is -2.63. The van der Waals surface area contributed by atoms with E-state index in [1.807, 2.05) is 29.7 Å². The average molecular weight is 475 g/mol. The van der Waals surface area contributed by atoms with Gasteiger partial charge in [-0.05, 0) is 43.7 Å². The number of aromatic nitrogens is 5. The third kappa shape index (κ3) is 4.07. The van der Waals surface area contributed by atoms with Crippen LogP contribution >= 0.6 is 11.8 Å². The largest absolute Gasteiger partial charge is 0.461 e. The summed E-state index contributed by atoms with van der Waals surface area (Å²) >= 11 is 1.55. The van der Waals surface area contributed by atoms with Gasteiger partial charge in [0.15, 0.2) is 16.7 Å². The van der Waals surface area contributed by atoms with E-state index in [-0.39, 0.29) is 4.90 Å². The maximum Gasteiger partial charge on any atom is 0.242 e. The molecule has 0 saturated heterocycles. The number of hydrogen-bond acceptors (Lipinski definition) is 7. The van der Waals surface area contributed by atoms with Gasteiger partial charge in [-0.3, -0.25) is 4.57 Å². The van der Waals surface area contributed by atoms with Crippen LogP contribution in [0, 0.1) is 0 Å². The van der Waals surface area contributed by atoms with E-state index >= 15 is 0 Å². The molecule has 170 valence electrons. The molecule has 0 saturated carbocycles. The maximum absolute atomic E-state index is 12.5. The molecule has 9 nitrogen and oxygen atoms in total. The summed E-state index contributed by atoms with van der Waals surface area (Å²) < 4.78 is 35.9. The number of furan rings is 1. The Morgan fingerprint density at radius 2 is 1.94 bits per heavy atom. The summed E-state index contributed by atoms with van der Waals surface area (Å²) in [6, 6.07) is 8.83. The van der Waals surface area contributed by atoms with Crippen molar-refractivity contribution in [3.05, 3.63) is 42.4 Å². The predicted molar refractivity (Wildman–Crippen MR) is 124 cm³/mol. The number of rotatable bonds is 9. The second-order valence-electron chi connectivity index (χ2n) is 7.43. The highest BCUT2D eigenvalue weighted by molar-refractivity contribution is 7.98. The van der Waals surface area contributed by atoms with Gasteiger partial charge < -0.3 is 8.98 Å². The molecule has 0 aliphatic heterocycles. The molecule has 4 aromatic rings. The highest BCUT2D eigenvalue weighted by atomic mass is 32.2. The van der Waals surface area contributed by atoms with E-state index in [4.69, 9.17) is 9.40 Å². The maximum atomic E-state index is 12.5. The summed E-state index contributed by atoms with van der Waals surface area (Å²) in [6.07, 6.45) is 2.56. The van der Waals surface area contributed by atoms with Crippen molar-refractivity contribution in [1.29, 1.82) is 0 Å². The van der Waals surface area contributed by atoms with E-state index in [1.165, 1.54) is 18.4 Å². The van der Waals surface area contributed by atoms with Crippen molar-refractivity contribution >= 4 is 32.8 Å². The number of sulfonamides is 1. The smallest absolute Gasteiger partial charge is 0.242 e. The first-order valence-corrected chi connectivity index (χ1v) is 12.8. The van der Waals surface area contributed by atoms with Crippen LogP contribution in [-0.2, 0) is 28.9 Å². The SMILES string of the molecule is CCCn1c(CSc2nnc(-c3ccco3)n2CC)nc2cc(S(=O)(=O)N(C)C)ccc21. The molecule has 0 amide bonds. The van der Waals surface area contributed by atoms with Crippen LogP contribution in [0.15, 0.2) is 51.1 Å². The lowest BCUT2D eigenvalue weighted by molar-refractivity contribution is 0.521. The third-order valence-electron chi connectivity index (χ3n) is 5.13. The molecule has 0 aliphatic rings. The lowest BCUT2D eigenvalue weighted by atomic mass is 10.3. The highest BCUT2D eigenvalue weighted by Gasteiger charge is 2.21. The minimum atomic E-state index is -3.52. The Bertz CT molecular complexity index is 1320. The first-order valence-electron chi connectivity index (χ1n) is 10.4. The highest BCUT2D eigenvalue weighted by Crippen LogP contribution is 2.29. The zero-order chi connectivity index (χ0) is 22.9. The van der Waals surface area contributed by atoms with Crippen molar-refractivity contribution in [3.63, 3.8) is 0 Å². The van der Waals surface area contributed by atoms with Crippen molar-refractivity contribution in [1.82, 2.24) is 28.6 Å². The summed E-state index contributed by atoms with van der Waals surface area (Å²) in [5, 5.41) is 9.43. The van der Waals surface area contributed by atoms with Crippen LogP contribution in [0.1, 0.15) is 26.1 Å². The van der Waals surface area contributed by atoms with Crippen molar-refractivity contribution in [2.24, 2.45) is 0 Å². The Morgan fingerprint density at radius 1 is 1.12 bits per heavy atom. The first-order chi connectivity index (χ1) is 15.4. The molecule has 11 heteroatoms. The van der Waals surface area contributed by atoms with Crippen LogP contribution in [0.2, 0.25) is 0 Å². The molecular weight excluding hydrogens is 448 g/mol. The minimum absolute atomic E-state index is 0.240. The van der Waals surface area contributed by atoms with Crippen molar-refractivity contribution in [3.8, 4) is 11.6 Å². The van der Waals surface area contributed by atoms with Gasteiger partial charge in [0.1, 0.15) is 5.82 Å². The van der Waals surface area contributed by atoms with Crippen molar-refractivity contribution in [2.45, 2.75) is 49.2 Å². The topological polar surface area (TPSA) is 99.0 Å². The lowest BCUT2D eigenvalue weighted by Crippen LogP contribution is -2.22. The second-order valence-corrected chi connectivity index (χ2v) is 10.5. The number of aryl methyl sites for hydroxylation is 1. The fourth-order valence-corrected chi connectivity index (χ4v) is 5.38. The minimum Gasteiger partial charge on any atom is -0.461 e. The quantitative estimate of drug-likeness (QED) is 0.340. The summed E-state index contributed by atoms with van der Waals surface area (Å²) in [5.41, 5.74) is 1.60. The molecule has 0 N–H and O–H groups in total. The van der Waals surface area contributed by atoms with Gasteiger partial charge >= 0.3 is 0 Å². The van der Waals surface area contributed by atoms with Crippen molar-refractivity contribution < 1.29 is 12.8 Å².